The van der Waals surface area contributed by atoms with E-state index >= 15 is 0 Å². The van der Waals surface area contributed by atoms with Crippen LogP contribution < -0.4 is 15.8 Å². The second kappa shape index (κ2) is 7.98. The lowest BCUT2D eigenvalue weighted by molar-refractivity contribution is 0.0691. The monoisotopic (exact) mass is 471 g/mol. The Bertz CT molecular complexity index is 1330. The van der Waals surface area contributed by atoms with E-state index in [-0.39, 0.29) is 27.5 Å². The highest BCUT2D eigenvalue weighted by Gasteiger charge is 2.46. The number of carboxylic acid groups (broad SMARTS) is 1. The molecule has 10 heteroatoms. The third kappa shape index (κ3) is 3.80. The molecular weight excluding hydrogens is 449 g/mol. The largest absolute Gasteiger partial charge is 0.476 e. The SMILES string of the molecule is CCn1c(N2CC3CC3C2)nc2c([C@@H](C)Nc3ccc(Cl)nc3C(=O)O)cc(F)cc2c1=O. The number of halogens is 2. The number of rotatable bonds is 6. The molecule has 33 heavy (non-hydrogen) atoms. The lowest BCUT2D eigenvalue weighted by Crippen LogP contribution is -2.33. The van der Waals surface area contributed by atoms with Gasteiger partial charge in [0, 0.05) is 25.2 Å². The van der Waals surface area contributed by atoms with Crippen molar-refractivity contribution in [3.8, 4) is 0 Å². The maximum absolute atomic E-state index is 14.6. The van der Waals surface area contributed by atoms with Crippen LogP contribution in [0.5, 0.6) is 0 Å². The Hall–Kier alpha value is -3.20. The van der Waals surface area contributed by atoms with Crippen molar-refractivity contribution in [3.05, 3.63) is 56.8 Å². The standard InChI is InChI=1S/C23H23ClFN5O3/c1-3-30-21(31)16-8-14(25)7-15(19(16)28-23(30)29-9-12-6-13(12)10-29)11(2)26-17-4-5-18(24)27-20(17)22(32)33/h4-5,7-8,11-13,26H,3,6,9-10H2,1-2H3,(H,32,33)/t11-,12?,13?/m1/s1. The number of aromatic carboxylic acids is 1. The van der Waals surface area contributed by atoms with Gasteiger partial charge in [-0.1, -0.05) is 11.6 Å². The average Bonchev–Trinajstić information content (AvgIpc) is 3.39. The van der Waals surface area contributed by atoms with Crippen molar-refractivity contribution in [3.63, 3.8) is 0 Å². The Kier molecular flexibility index (Phi) is 5.23. The normalized spacial score (nSPS) is 20.1. The number of nitrogens with zero attached hydrogens (tertiary/aromatic N) is 4. The zero-order valence-electron chi connectivity index (χ0n) is 18.2. The van der Waals surface area contributed by atoms with E-state index in [2.05, 4.69) is 15.2 Å². The van der Waals surface area contributed by atoms with Crippen LogP contribution in [0, 0.1) is 17.7 Å². The molecule has 1 saturated heterocycles. The van der Waals surface area contributed by atoms with E-state index in [1.807, 2.05) is 6.92 Å². The number of pyridine rings is 1. The fourth-order valence-corrected chi connectivity index (χ4v) is 4.90. The third-order valence-corrected chi connectivity index (χ3v) is 6.72. The molecule has 5 rings (SSSR count). The fourth-order valence-electron chi connectivity index (χ4n) is 4.75. The summed E-state index contributed by atoms with van der Waals surface area (Å²) in [4.78, 5) is 35.8. The first-order valence-electron chi connectivity index (χ1n) is 10.9. The smallest absolute Gasteiger partial charge is 0.356 e. The van der Waals surface area contributed by atoms with Gasteiger partial charge in [0.1, 0.15) is 11.0 Å². The van der Waals surface area contributed by atoms with Crippen molar-refractivity contribution in [1.29, 1.82) is 0 Å². The van der Waals surface area contributed by atoms with Gasteiger partial charge < -0.3 is 15.3 Å². The molecule has 0 spiro atoms. The maximum atomic E-state index is 14.6. The zero-order valence-corrected chi connectivity index (χ0v) is 18.9. The number of nitrogens with one attached hydrogen (secondary N) is 1. The maximum Gasteiger partial charge on any atom is 0.356 e. The molecule has 3 aromatic rings. The zero-order chi connectivity index (χ0) is 23.4. The number of hydrogen-bond donors (Lipinski definition) is 2. The number of anilines is 2. The van der Waals surface area contributed by atoms with Gasteiger partial charge in [0.15, 0.2) is 5.69 Å². The molecule has 3 atom stereocenters. The van der Waals surface area contributed by atoms with E-state index in [0.717, 1.165) is 13.1 Å². The van der Waals surface area contributed by atoms with E-state index in [9.17, 15) is 19.1 Å². The van der Waals surface area contributed by atoms with E-state index < -0.39 is 17.8 Å². The molecule has 0 radical (unpaired) electrons. The molecule has 1 aromatic carbocycles. The molecule has 2 aliphatic rings. The molecule has 172 valence electrons. The molecule has 2 N–H and O–H groups in total. The van der Waals surface area contributed by atoms with Crippen LogP contribution >= 0.6 is 11.6 Å². The molecule has 1 aliphatic carbocycles. The van der Waals surface area contributed by atoms with Crippen molar-refractivity contribution < 1.29 is 14.3 Å². The van der Waals surface area contributed by atoms with Gasteiger partial charge in [-0.05, 0) is 56.4 Å². The summed E-state index contributed by atoms with van der Waals surface area (Å²) < 4.78 is 16.2. The van der Waals surface area contributed by atoms with Gasteiger partial charge in [-0.25, -0.2) is 19.2 Å². The number of carboxylic acids is 1. The van der Waals surface area contributed by atoms with Crippen LogP contribution in [-0.2, 0) is 6.54 Å². The number of benzene rings is 1. The van der Waals surface area contributed by atoms with Crippen LogP contribution in [0.4, 0.5) is 16.0 Å². The van der Waals surface area contributed by atoms with Crippen LogP contribution in [0.25, 0.3) is 10.9 Å². The lowest BCUT2D eigenvalue weighted by Gasteiger charge is -2.24. The molecule has 2 aromatic heterocycles. The van der Waals surface area contributed by atoms with E-state index in [1.54, 1.807) is 11.5 Å². The van der Waals surface area contributed by atoms with Crippen molar-refractivity contribution in [2.75, 3.05) is 23.3 Å². The Balaban J connectivity index is 1.61. The average molecular weight is 472 g/mol. The van der Waals surface area contributed by atoms with Crippen molar-refractivity contribution in [2.45, 2.75) is 32.9 Å². The van der Waals surface area contributed by atoms with E-state index in [4.69, 9.17) is 16.6 Å². The lowest BCUT2D eigenvalue weighted by atomic mass is 10.0. The van der Waals surface area contributed by atoms with Crippen LogP contribution in [0.3, 0.4) is 0 Å². The summed E-state index contributed by atoms with van der Waals surface area (Å²) in [6, 6.07) is 4.97. The van der Waals surface area contributed by atoms with Crippen LogP contribution in [0.15, 0.2) is 29.1 Å². The number of piperidine rings is 1. The van der Waals surface area contributed by atoms with Crippen LogP contribution in [0.2, 0.25) is 5.15 Å². The summed E-state index contributed by atoms with van der Waals surface area (Å²) in [5.74, 6) is 0.110. The fraction of sp³-hybridized carbons (Fsp3) is 0.391. The summed E-state index contributed by atoms with van der Waals surface area (Å²) in [5, 5.41) is 12.8. The molecule has 3 heterocycles. The minimum atomic E-state index is -1.24. The van der Waals surface area contributed by atoms with Crippen molar-refractivity contribution in [1.82, 2.24) is 14.5 Å². The number of carbonyl (C=O) groups is 1. The highest BCUT2D eigenvalue weighted by atomic mass is 35.5. The molecule has 0 bridgehead atoms. The predicted octanol–water partition coefficient (Wildman–Crippen LogP) is 3.93. The summed E-state index contributed by atoms with van der Waals surface area (Å²) in [5.41, 5.74) is 0.569. The minimum Gasteiger partial charge on any atom is -0.476 e. The molecule has 2 unspecified atom stereocenters. The van der Waals surface area contributed by atoms with Crippen LogP contribution in [-0.4, -0.2) is 38.7 Å². The first-order chi connectivity index (χ1) is 15.8. The van der Waals surface area contributed by atoms with Gasteiger partial charge in [0.2, 0.25) is 5.95 Å². The Morgan fingerprint density at radius 3 is 2.70 bits per heavy atom. The molecule has 0 amide bonds. The Morgan fingerprint density at radius 2 is 2.03 bits per heavy atom. The molecule has 8 nitrogen and oxygen atoms in total. The van der Waals surface area contributed by atoms with Gasteiger partial charge >= 0.3 is 5.97 Å². The Morgan fingerprint density at radius 1 is 1.30 bits per heavy atom. The number of hydrogen-bond acceptors (Lipinski definition) is 6. The number of fused-ring (bicyclic) bond motifs is 2. The highest BCUT2D eigenvalue weighted by molar-refractivity contribution is 6.29. The molecule has 1 aliphatic heterocycles. The second-order valence-electron chi connectivity index (χ2n) is 8.71. The van der Waals surface area contributed by atoms with Crippen LogP contribution in [0.1, 0.15) is 42.4 Å². The minimum absolute atomic E-state index is 0.0527. The quantitative estimate of drug-likeness (QED) is 0.525. The Labute approximate surface area is 194 Å². The van der Waals surface area contributed by atoms with Gasteiger partial charge in [0.05, 0.1) is 22.6 Å². The highest BCUT2D eigenvalue weighted by Crippen LogP contribution is 2.46. The van der Waals surface area contributed by atoms with E-state index in [0.29, 0.717) is 35.4 Å². The summed E-state index contributed by atoms with van der Waals surface area (Å²) in [7, 11) is 0. The number of aromatic nitrogens is 3. The molecule has 1 saturated carbocycles. The van der Waals surface area contributed by atoms with E-state index in [1.165, 1.54) is 30.7 Å². The van der Waals surface area contributed by atoms with Crippen molar-refractivity contribution in [2.24, 2.45) is 11.8 Å². The first-order valence-corrected chi connectivity index (χ1v) is 11.3. The second-order valence-corrected chi connectivity index (χ2v) is 9.10. The first kappa shape index (κ1) is 21.6. The summed E-state index contributed by atoms with van der Waals surface area (Å²) in [6.45, 7) is 5.80. The van der Waals surface area contributed by atoms with Gasteiger partial charge in [0.25, 0.3) is 5.56 Å². The summed E-state index contributed by atoms with van der Waals surface area (Å²) in [6.07, 6.45) is 1.22. The summed E-state index contributed by atoms with van der Waals surface area (Å²) >= 11 is 5.85. The molecular formula is C23H23ClFN5O3. The third-order valence-electron chi connectivity index (χ3n) is 6.51. The predicted molar refractivity (Wildman–Crippen MR) is 124 cm³/mol. The van der Waals surface area contributed by atoms with Gasteiger partial charge in [-0.15, -0.1) is 0 Å². The topological polar surface area (TPSA) is 100 Å². The molecule has 2 fully saturated rings. The van der Waals surface area contributed by atoms with Gasteiger partial charge in [-0.3, -0.25) is 9.36 Å². The van der Waals surface area contributed by atoms with Gasteiger partial charge in [-0.2, -0.15) is 0 Å². The van der Waals surface area contributed by atoms with Crippen molar-refractivity contribution >= 4 is 40.1 Å².